The molecule has 0 aromatic rings. The monoisotopic (exact) mass is 252 g/mol. The van der Waals surface area contributed by atoms with Crippen molar-refractivity contribution < 1.29 is 33.3 Å². The van der Waals surface area contributed by atoms with Gasteiger partial charge in [-0.15, -0.1) is 12.8 Å². The minimum absolute atomic E-state index is 0.320. The van der Waals surface area contributed by atoms with Gasteiger partial charge in [0, 0.05) is 0 Å². The van der Waals surface area contributed by atoms with Crippen LogP contribution in [0.15, 0.2) is 0 Å². The van der Waals surface area contributed by atoms with Gasteiger partial charge in [-0.3, -0.25) is 0 Å². The van der Waals surface area contributed by atoms with E-state index in [0.29, 0.717) is 0 Å². The van der Waals surface area contributed by atoms with Gasteiger partial charge in [-0.2, -0.15) is 0 Å². The van der Waals surface area contributed by atoms with E-state index in [-0.39, 0.29) is 13.2 Å². The van der Waals surface area contributed by atoms with Crippen molar-refractivity contribution in [2.24, 2.45) is 0 Å². The maximum atomic E-state index is 11.4. The van der Waals surface area contributed by atoms with Crippen LogP contribution in [0.25, 0.3) is 0 Å². The Kier molecular flexibility index (Phi) is 4.58. The average molecular weight is 252 g/mol. The molecule has 0 saturated carbocycles. The molecule has 0 aromatic carbocycles. The topological polar surface area (TPSA) is 88.1 Å². The summed E-state index contributed by atoms with van der Waals surface area (Å²) in [6, 6.07) is 0. The van der Waals surface area contributed by atoms with Crippen LogP contribution in [0.3, 0.4) is 0 Å². The Morgan fingerprint density at radius 1 is 1.06 bits per heavy atom. The fraction of sp³-hybridized carbons (Fsp3) is 0.364. The van der Waals surface area contributed by atoms with Crippen LogP contribution in [0, 0.1) is 24.7 Å². The Bertz CT molecular complexity index is 399. The molecule has 2 unspecified atom stereocenters. The zero-order valence-corrected chi connectivity index (χ0v) is 9.08. The first-order chi connectivity index (χ1) is 8.60. The zero-order valence-electron chi connectivity index (χ0n) is 9.08. The van der Waals surface area contributed by atoms with E-state index in [0.717, 1.165) is 0 Å². The molecule has 7 nitrogen and oxygen atoms in total. The molecular weight excluding hydrogens is 244 g/mol. The van der Waals surface area contributed by atoms with Crippen molar-refractivity contribution in [1.82, 2.24) is 0 Å². The second-order valence-electron chi connectivity index (χ2n) is 2.95. The van der Waals surface area contributed by atoms with E-state index < -0.39 is 30.3 Å². The highest BCUT2D eigenvalue weighted by atomic mass is 16.8. The summed E-state index contributed by atoms with van der Waals surface area (Å²) in [5, 5.41) is 0. The molecule has 1 aliphatic heterocycles. The number of ether oxygens (including phenoxy) is 4. The lowest BCUT2D eigenvalue weighted by atomic mass is 10.2. The summed E-state index contributed by atoms with van der Waals surface area (Å²) in [4.78, 5) is 33.7. The fourth-order valence-electron chi connectivity index (χ4n) is 1.09. The van der Waals surface area contributed by atoms with Gasteiger partial charge >= 0.3 is 18.1 Å². The number of hydrogen-bond donors (Lipinski definition) is 0. The molecule has 0 spiro atoms. The maximum Gasteiger partial charge on any atom is 0.510 e. The van der Waals surface area contributed by atoms with Crippen LogP contribution in [0.1, 0.15) is 0 Å². The van der Waals surface area contributed by atoms with Crippen molar-refractivity contribution in [2.45, 2.75) is 12.2 Å². The van der Waals surface area contributed by atoms with Crippen molar-refractivity contribution in [1.29, 1.82) is 0 Å². The summed E-state index contributed by atoms with van der Waals surface area (Å²) in [6.45, 7) is -0.641. The van der Waals surface area contributed by atoms with Crippen LogP contribution in [0.4, 0.5) is 4.79 Å². The number of carbonyl (C=O) groups excluding carboxylic acids is 3. The highest BCUT2D eigenvalue weighted by Gasteiger charge is 2.48. The van der Waals surface area contributed by atoms with Crippen LogP contribution in [0.5, 0.6) is 0 Å². The maximum absolute atomic E-state index is 11.4. The van der Waals surface area contributed by atoms with E-state index in [2.05, 4.69) is 18.9 Å². The minimum atomic E-state index is -1.55. The van der Waals surface area contributed by atoms with E-state index in [1.54, 1.807) is 0 Å². The van der Waals surface area contributed by atoms with Gasteiger partial charge in [0.1, 0.15) is 0 Å². The molecule has 7 heteroatoms. The summed E-state index contributed by atoms with van der Waals surface area (Å²) in [5.74, 6) is 2.09. The third-order valence-electron chi connectivity index (χ3n) is 1.78. The molecule has 0 aromatic heterocycles. The first-order valence-electron chi connectivity index (χ1n) is 4.67. The standard InChI is InChI=1S/C11H8O7/c1-3-5-15-9(12)7-8(18-11(14)17-7)10(13)16-6-4-2/h1-2,7-8H,5-6H2. The number of hydrogen-bond acceptors (Lipinski definition) is 7. The molecule has 1 aliphatic rings. The highest BCUT2D eigenvalue weighted by Crippen LogP contribution is 2.18. The Labute approximate surface area is 102 Å². The largest absolute Gasteiger partial charge is 0.510 e. The van der Waals surface area contributed by atoms with E-state index in [1.165, 1.54) is 0 Å². The Morgan fingerprint density at radius 3 is 1.78 bits per heavy atom. The lowest BCUT2D eigenvalue weighted by Gasteiger charge is -2.12. The van der Waals surface area contributed by atoms with Crippen molar-refractivity contribution in [3.63, 3.8) is 0 Å². The summed E-state index contributed by atoms with van der Waals surface area (Å²) in [6.07, 6.45) is 5.50. The lowest BCUT2D eigenvalue weighted by molar-refractivity contribution is -0.161. The first-order valence-corrected chi connectivity index (χ1v) is 4.67. The van der Waals surface area contributed by atoms with Gasteiger partial charge in [-0.25, -0.2) is 14.4 Å². The second-order valence-corrected chi connectivity index (χ2v) is 2.95. The van der Waals surface area contributed by atoms with E-state index >= 15 is 0 Å². The third kappa shape index (κ3) is 3.16. The summed E-state index contributed by atoms with van der Waals surface area (Å²) in [7, 11) is 0. The van der Waals surface area contributed by atoms with Gasteiger partial charge in [0.2, 0.25) is 12.2 Å². The second kappa shape index (κ2) is 6.16. The molecular formula is C11H8O7. The number of carbonyl (C=O) groups is 3. The number of terminal acetylenes is 2. The van der Waals surface area contributed by atoms with Crippen LogP contribution in [-0.2, 0) is 28.5 Å². The quantitative estimate of drug-likeness (QED) is 0.369. The van der Waals surface area contributed by atoms with Gasteiger partial charge in [0.05, 0.1) is 0 Å². The van der Waals surface area contributed by atoms with Crippen molar-refractivity contribution in [3.05, 3.63) is 0 Å². The van der Waals surface area contributed by atoms with Crippen LogP contribution in [-0.4, -0.2) is 43.5 Å². The number of cyclic esters (lactones) is 2. The Hall–Kier alpha value is -2.67. The van der Waals surface area contributed by atoms with E-state index in [4.69, 9.17) is 12.8 Å². The molecule has 0 radical (unpaired) electrons. The lowest BCUT2D eigenvalue weighted by Crippen LogP contribution is -2.39. The third-order valence-corrected chi connectivity index (χ3v) is 1.78. The zero-order chi connectivity index (χ0) is 13.5. The molecule has 0 amide bonds. The molecule has 2 atom stereocenters. The molecule has 1 rings (SSSR count). The molecule has 0 bridgehead atoms. The van der Waals surface area contributed by atoms with Gasteiger partial charge in [0.25, 0.3) is 0 Å². The number of esters is 2. The minimum Gasteiger partial charge on any atom is -0.450 e. The Morgan fingerprint density at radius 2 is 1.44 bits per heavy atom. The summed E-state index contributed by atoms with van der Waals surface area (Å²) < 4.78 is 18.0. The molecule has 1 fully saturated rings. The highest BCUT2D eigenvalue weighted by molar-refractivity contribution is 5.90. The SMILES string of the molecule is C#CCOC(=O)C1OC(=O)OC1C(=O)OCC#C. The van der Waals surface area contributed by atoms with E-state index in [9.17, 15) is 14.4 Å². The Balaban J connectivity index is 2.67. The van der Waals surface area contributed by atoms with Gasteiger partial charge < -0.3 is 18.9 Å². The molecule has 0 aliphatic carbocycles. The van der Waals surface area contributed by atoms with Crippen LogP contribution in [0.2, 0.25) is 0 Å². The normalized spacial score (nSPS) is 20.9. The smallest absolute Gasteiger partial charge is 0.450 e. The molecule has 1 heterocycles. The molecule has 18 heavy (non-hydrogen) atoms. The first kappa shape index (κ1) is 13.4. The predicted molar refractivity (Wildman–Crippen MR) is 54.7 cm³/mol. The van der Waals surface area contributed by atoms with Gasteiger partial charge in [-0.05, 0) is 0 Å². The summed E-state index contributed by atoms with van der Waals surface area (Å²) in [5.41, 5.74) is 0. The average Bonchev–Trinajstić information content (AvgIpc) is 2.75. The molecule has 1 saturated heterocycles. The van der Waals surface area contributed by atoms with Crippen LogP contribution < -0.4 is 0 Å². The number of rotatable bonds is 4. The van der Waals surface area contributed by atoms with Gasteiger partial charge in [0.15, 0.2) is 13.2 Å². The van der Waals surface area contributed by atoms with Crippen molar-refractivity contribution >= 4 is 18.1 Å². The molecule has 0 N–H and O–H groups in total. The van der Waals surface area contributed by atoms with Gasteiger partial charge in [-0.1, -0.05) is 11.8 Å². The molecule has 94 valence electrons. The van der Waals surface area contributed by atoms with Crippen LogP contribution >= 0.6 is 0 Å². The fourth-order valence-corrected chi connectivity index (χ4v) is 1.09. The summed E-state index contributed by atoms with van der Waals surface area (Å²) >= 11 is 0. The van der Waals surface area contributed by atoms with Crippen molar-refractivity contribution in [3.8, 4) is 24.7 Å². The predicted octanol–water partition coefficient (Wildman–Crippen LogP) is -0.757. The van der Waals surface area contributed by atoms with Crippen molar-refractivity contribution in [2.75, 3.05) is 13.2 Å². The van der Waals surface area contributed by atoms with E-state index in [1.807, 2.05) is 11.8 Å².